The first-order chi connectivity index (χ1) is 4.43. The van der Waals surface area contributed by atoms with Crippen LogP contribution < -0.4 is 0 Å². The molecule has 2 nitrogen and oxygen atoms in total. The number of β-amino-alcohol motifs (C(OH)–C–C–N with tert-alkyl or cyclic N) is 1. The molecule has 9 heavy (non-hydrogen) atoms. The van der Waals surface area contributed by atoms with Gasteiger partial charge in [-0.25, -0.2) is 0 Å². The molecule has 0 atom stereocenters. The van der Waals surface area contributed by atoms with Gasteiger partial charge in [-0.05, 0) is 32.4 Å². The lowest BCUT2D eigenvalue weighted by Crippen LogP contribution is -2.32. The predicted molar refractivity (Wildman–Crippen MR) is 37.1 cm³/mol. The van der Waals surface area contributed by atoms with Crippen LogP contribution in [0.3, 0.4) is 0 Å². The molecular formula is C7H14NO. The van der Waals surface area contributed by atoms with Crippen molar-refractivity contribution in [1.82, 2.24) is 4.90 Å². The standard InChI is InChI=1S/C7H14NO/c9-7-6-8-4-2-1-3-5-8/h1,9H,2-7H2. The van der Waals surface area contributed by atoms with Gasteiger partial charge in [0.25, 0.3) is 0 Å². The highest BCUT2D eigenvalue weighted by molar-refractivity contribution is 4.75. The molecule has 1 rings (SSSR count). The van der Waals surface area contributed by atoms with Crippen LogP contribution in [-0.2, 0) is 0 Å². The van der Waals surface area contributed by atoms with Crippen molar-refractivity contribution < 1.29 is 5.11 Å². The molecule has 0 aromatic rings. The molecule has 1 saturated heterocycles. The number of aliphatic hydroxyl groups excluding tert-OH is 1. The summed E-state index contributed by atoms with van der Waals surface area (Å²) >= 11 is 0. The zero-order valence-corrected chi connectivity index (χ0v) is 5.71. The van der Waals surface area contributed by atoms with Crippen molar-refractivity contribution in [2.75, 3.05) is 26.2 Å². The van der Waals surface area contributed by atoms with E-state index in [-0.39, 0.29) is 0 Å². The van der Waals surface area contributed by atoms with Gasteiger partial charge in [0.1, 0.15) is 0 Å². The molecule has 0 amide bonds. The summed E-state index contributed by atoms with van der Waals surface area (Å²) in [6.07, 6.45) is 4.70. The van der Waals surface area contributed by atoms with E-state index in [4.69, 9.17) is 5.11 Å². The third-order valence-corrected chi connectivity index (χ3v) is 1.72. The number of aliphatic hydroxyl groups is 1. The topological polar surface area (TPSA) is 23.5 Å². The second-order valence-corrected chi connectivity index (χ2v) is 2.43. The van der Waals surface area contributed by atoms with Gasteiger partial charge in [-0.2, -0.15) is 0 Å². The van der Waals surface area contributed by atoms with Crippen LogP contribution >= 0.6 is 0 Å². The van der Waals surface area contributed by atoms with Crippen molar-refractivity contribution >= 4 is 0 Å². The summed E-state index contributed by atoms with van der Waals surface area (Å²) in [5, 5.41) is 8.57. The van der Waals surface area contributed by atoms with Crippen LogP contribution in [0, 0.1) is 6.42 Å². The minimum absolute atomic E-state index is 0.306. The Hall–Kier alpha value is -0.0800. The highest BCUT2D eigenvalue weighted by Gasteiger charge is 2.07. The molecule has 0 aliphatic carbocycles. The van der Waals surface area contributed by atoms with Gasteiger partial charge in [0.05, 0.1) is 6.61 Å². The molecule has 0 aromatic carbocycles. The van der Waals surface area contributed by atoms with E-state index < -0.39 is 0 Å². The van der Waals surface area contributed by atoms with E-state index in [1.807, 2.05) is 0 Å². The monoisotopic (exact) mass is 128 g/mol. The van der Waals surface area contributed by atoms with Crippen LogP contribution in [0.5, 0.6) is 0 Å². The van der Waals surface area contributed by atoms with Gasteiger partial charge in [-0.3, -0.25) is 0 Å². The average molecular weight is 128 g/mol. The van der Waals surface area contributed by atoms with E-state index >= 15 is 0 Å². The van der Waals surface area contributed by atoms with Crippen LogP contribution in [0.1, 0.15) is 12.8 Å². The lowest BCUT2D eigenvalue weighted by Gasteiger charge is -2.24. The van der Waals surface area contributed by atoms with Gasteiger partial charge in [-0.15, -0.1) is 0 Å². The van der Waals surface area contributed by atoms with Crippen LogP contribution in [0.4, 0.5) is 0 Å². The fraction of sp³-hybridized carbons (Fsp3) is 0.857. The molecule has 1 aliphatic rings. The molecule has 53 valence electrons. The van der Waals surface area contributed by atoms with Crippen molar-refractivity contribution in [2.24, 2.45) is 0 Å². The van der Waals surface area contributed by atoms with Gasteiger partial charge in [0, 0.05) is 6.54 Å². The van der Waals surface area contributed by atoms with Crippen LogP contribution in [0.15, 0.2) is 0 Å². The molecule has 1 heterocycles. The smallest absolute Gasteiger partial charge is 0.0558 e. The Balaban J connectivity index is 2.08. The summed E-state index contributed by atoms with van der Waals surface area (Å²) in [6.45, 7) is 3.44. The maximum Gasteiger partial charge on any atom is 0.0558 e. The SMILES string of the molecule is OCCN1CC[CH]CC1. The molecule has 1 N–H and O–H groups in total. The Bertz CT molecular complexity index is 66.6. The Morgan fingerprint density at radius 2 is 2.00 bits per heavy atom. The molecule has 1 aliphatic heterocycles. The summed E-state index contributed by atoms with van der Waals surface area (Å²) in [4.78, 5) is 2.29. The fourth-order valence-corrected chi connectivity index (χ4v) is 1.17. The lowest BCUT2D eigenvalue weighted by atomic mass is 10.1. The summed E-state index contributed by atoms with van der Waals surface area (Å²) in [6, 6.07) is 0. The van der Waals surface area contributed by atoms with Gasteiger partial charge in [0.2, 0.25) is 0 Å². The number of likely N-dealkylation sites (tertiary alicyclic amines) is 1. The molecule has 2 heteroatoms. The first-order valence-electron chi connectivity index (χ1n) is 3.58. The maximum absolute atomic E-state index is 8.57. The Kier molecular flexibility index (Phi) is 3.01. The second-order valence-electron chi connectivity index (χ2n) is 2.43. The molecule has 0 unspecified atom stereocenters. The highest BCUT2D eigenvalue weighted by atomic mass is 16.3. The average Bonchev–Trinajstić information content (AvgIpc) is 1.91. The van der Waals surface area contributed by atoms with Gasteiger partial charge < -0.3 is 10.0 Å². The minimum atomic E-state index is 0.306. The van der Waals surface area contributed by atoms with E-state index in [0.29, 0.717) is 6.61 Å². The first-order valence-corrected chi connectivity index (χ1v) is 3.58. The van der Waals surface area contributed by atoms with E-state index in [0.717, 1.165) is 19.6 Å². The summed E-state index contributed by atoms with van der Waals surface area (Å²) in [5.41, 5.74) is 0. The van der Waals surface area contributed by atoms with E-state index in [9.17, 15) is 0 Å². The van der Waals surface area contributed by atoms with E-state index in [2.05, 4.69) is 11.3 Å². The summed E-state index contributed by atoms with van der Waals surface area (Å²) < 4.78 is 0. The van der Waals surface area contributed by atoms with Crippen molar-refractivity contribution in [3.8, 4) is 0 Å². The van der Waals surface area contributed by atoms with Crippen molar-refractivity contribution in [3.05, 3.63) is 6.42 Å². The molecule has 1 radical (unpaired) electrons. The van der Waals surface area contributed by atoms with Crippen LogP contribution in [0.25, 0.3) is 0 Å². The molecule has 1 fully saturated rings. The largest absolute Gasteiger partial charge is 0.395 e. The zero-order chi connectivity index (χ0) is 6.53. The van der Waals surface area contributed by atoms with E-state index in [1.165, 1.54) is 12.8 Å². The summed E-state index contributed by atoms with van der Waals surface area (Å²) in [5.74, 6) is 0. The molecule has 0 spiro atoms. The van der Waals surface area contributed by atoms with Gasteiger partial charge in [0.15, 0.2) is 0 Å². The van der Waals surface area contributed by atoms with Crippen LogP contribution in [-0.4, -0.2) is 36.2 Å². The first kappa shape index (κ1) is 7.03. The number of hydrogen-bond acceptors (Lipinski definition) is 2. The number of piperidine rings is 1. The van der Waals surface area contributed by atoms with Crippen LogP contribution in [0.2, 0.25) is 0 Å². The quantitative estimate of drug-likeness (QED) is 0.577. The number of nitrogens with zero attached hydrogens (tertiary/aromatic N) is 1. The number of hydrogen-bond donors (Lipinski definition) is 1. The minimum Gasteiger partial charge on any atom is -0.395 e. The molecule has 0 bridgehead atoms. The third kappa shape index (κ3) is 2.33. The lowest BCUT2D eigenvalue weighted by molar-refractivity contribution is 0.186. The van der Waals surface area contributed by atoms with Crippen molar-refractivity contribution in [2.45, 2.75) is 12.8 Å². The third-order valence-electron chi connectivity index (χ3n) is 1.72. The van der Waals surface area contributed by atoms with Crippen molar-refractivity contribution in [1.29, 1.82) is 0 Å². The normalized spacial score (nSPS) is 22.3. The highest BCUT2D eigenvalue weighted by Crippen LogP contribution is 2.05. The Labute approximate surface area is 56.5 Å². The maximum atomic E-state index is 8.57. The molecule has 0 saturated carbocycles. The predicted octanol–water partition coefficient (Wildman–Crippen LogP) is 0.279. The summed E-state index contributed by atoms with van der Waals surface area (Å²) in [7, 11) is 0. The fourth-order valence-electron chi connectivity index (χ4n) is 1.17. The number of rotatable bonds is 2. The molecule has 0 aromatic heterocycles. The Morgan fingerprint density at radius 1 is 1.33 bits per heavy atom. The zero-order valence-electron chi connectivity index (χ0n) is 5.71. The van der Waals surface area contributed by atoms with Gasteiger partial charge in [-0.1, -0.05) is 0 Å². The van der Waals surface area contributed by atoms with Crippen molar-refractivity contribution in [3.63, 3.8) is 0 Å². The Morgan fingerprint density at radius 3 is 2.56 bits per heavy atom. The second kappa shape index (κ2) is 3.85. The molecular weight excluding hydrogens is 114 g/mol. The van der Waals surface area contributed by atoms with E-state index in [1.54, 1.807) is 0 Å². The van der Waals surface area contributed by atoms with Gasteiger partial charge >= 0.3 is 0 Å².